The molecule has 2 heterocycles. The maximum Gasteiger partial charge on any atom is 0.227 e. The van der Waals surface area contributed by atoms with Crippen molar-refractivity contribution in [2.75, 3.05) is 19.6 Å². The number of aromatic nitrogens is 2. The largest absolute Gasteiger partial charge is 0.355 e. The van der Waals surface area contributed by atoms with E-state index in [0.717, 1.165) is 38.3 Å². The van der Waals surface area contributed by atoms with Gasteiger partial charge in [-0.15, -0.1) is 0 Å². The van der Waals surface area contributed by atoms with Crippen LogP contribution in [0.5, 0.6) is 0 Å². The molecule has 26 heavy (non-hydrogen) atoms. The number of nitrogens with one attached hydrogen (secondary N) is 2. The summed E-state index contributed by atoms with van der Waals surface area (Å²) in [5, 5.41) is 6.66. The zero-order chi connectivity index (χ0) is 17.8. The Bertz CT molecular complexity index is 741. The summed E-state index contributed by atoms with van der Waals surface area (Å²) in [6, 6.07) is 10.4. The first-order valence-corrected chi connectivity index (χ1v) is 9.81. The third kappa shape index (κ3) is 3.40. The third-order valence-electron chi connectivity index (χ3n) is 6.12. The average molecular weight is 352 g/mol. The van der Waals surface area contributed by atoms with E-state index in [1.165, 1.54) is 24.8 Å². The first-order chi connectivity index (χ1) is 12.8. The molecule has 2 fully saturated rings. The van der Waals surface area contributed by atoms with E-state index in [0.29, 0.717) is 12.5 Å². The van der Waals surface area contributed by atoms with Gasteiger partial charge in [0, 0.05) is 38.4 Å². The number of carbonyl (C=O) groups is 1. The number of nitrogens with zero attached hydrogens (tertiary/aromatic N) is 2. The van der Waals surface area contributed by atoms with Gasteiger partial charge in [-0.2, -0.15) is 0 Å². The standard InChI is InChI=1S/C21H28N4O/c26-20(21-10-5-4-8-18(21)14-22-16-21)24-11-9-19-23-12-13-25(19)15-17-6-2-1-3-7-17/h1-3,6-7,12-13,18,22H,4-5,8-11,14-16H2,(H,24,26)/t18-,21+/m0/s1. The Balaban J connectivity index is 1.34. The van der Waals surface area contributed by atoms with E-state index >= 15 is 0 Å². The molecule has 138 valence electrons. The van der Waals surface area contributed by atoms with Gasteiger partial charge in [-0.25, -0.2) is 4.98 Å². The Morgan fingerprint density at radius 1 is 1.31 bits per heavy atom. The summed E-state index contributed by atoms with van der Waals surface area (Å²) in [6.45, 7) is 3.31. The molecule has 4 rings (SSSR count). The van der Waals surface area contributed by atoms with Crippen LogP contribution in [0.2, 0.25) is 0 Å². The molecule has 2 N–H and O–H groups in total. The number of imidazole rings is 1. The number of fused-ring (bicyclic) bond motifs is 1. The summed E-state index contributed by atoms with van der Waals surface area (Å²) in [5.41, 5.74) is 1.09. The Labute approximate surface area is 155 Å². The minimum atomic E-state index is -0.169. The molecule has 0 bridgehead atoms. The van der Waals surface area contributed by atoms with Gasteiger partial charge in [0.15, 0.2) is 0 Å². The molecule has 2 aromatic rings. The zero-order valence-corrected chi connectivity index (χ0v) is 15.3. The summed E-state index contributed by atoms with van der Waals surface area (Å²) in [7, 11) is 0. The number of hydrogen-bond donors (Lipinski definition) is 2. The van der Waals surface area contributed by atoms with E-state index in [4.69, 9.17) is 0 Å². The van der Waals surface area contributed by atoms with Crippen LogP contribution >= 0.6 is 0 Å². The molecule has 1 aliphatic heterocycles. The van der Waals surface area contributed by atoms with Crippen LogP contribution in [0.1, 0.15) is 37.1 Å². The Hall–Kier alpha value is -2.14. The molecule has 1 aliphatic carbocycles. The second-order valence-electron chi connectivity index (χ2n) is 7.69. The topological polar surface area (TPSA) is 59.0 Å². The second kappa shape index (κ2) is 7.62. The van der Waals surface area contributed by atoms with Crippen LogP contribution < -0.4 is 10.6 Å². The molecule has 5 nitrogen and oxygen atoms in total. The first kappa shape index (κ1) is 17.3. The lowest BCUT2D eigenvalue weighted by Crippen LogP contribution is -2.48. The highest BCUT2D eigenvalue weighted by Gasteiger charge is 2.49. The van der Waals surface area contributed by atoms with E-state index in [-0.39, 0.29) is 11.3 Å². The third-order valence-corrected chi connectivity index (χ3v) is 6.12. The number of amides is 1. The van der Waals surface area contributed by atoms with Crippen LogP contribution in [-0.4, -0.2) is 35.1 Å². The van der Waals surface area contributed by atoms with Gasteiger partial charge in [0.05, 0.1) is 5.41 Å². The molecule has 2 atom stereocenters. The highest BCUT2D eigenvalue weighted by molar-refractivity contribution is 5.83. The van der Waals surface area contributed by atoms with Crippen molar-refractivity contribution in [1.82, 2.24) is 20.2 Å². The van der Waals surface area contributed by atoms with E-state index in [2.05, 4.69) is 44.5 Å². The van der Waals surface area contributed by atoms with Crippen molar-refractivity contribution in [3.05, 3.63) is 54.1 Å². The minimum absolute atomic E-state index is 0.169. The highest BCUT2D eigenvalue weighted by atomic mass is 16.2. The fourth-order valence-corrected chi connectivity index (χ4v) is 4.65. The van der Waals surface area contributed by atoms with Gasteiger partial charge in [-0.1, -0.05) is 43.2 Å². The van der Waals surface area contributed by atoms with Crippen LogP contribution in [0.4, 0.5) is 0 Å². The van der Waals surface area contributed by atoms with Gasteiger partial charge in [-0.05, 0) is 30.9 Å². The average Bonchev–Trinajstić information content (AvgIpc) is 3.30. The molecule has 0 unspecified atom stereocenters. The fraction of sp³-hybridized carbons (Fsp3) is 0.524. The fourth-order valence-electron chi connectivity index (χ4n) is 4.65. The molecule has 5 heteroatoms. The van der Waals surface area contributed by atoms with Gasteiger partial charge in [-0.3, -0.25) is 4.79 Å². The van der Waals surface area contributed by atoms with Crippen molar-refractivity contribution < 1.29 is 4.79 Å². The summed E-state index contributed by atoms with van der Waals surface area (Å²) < 4.78 is 2.17. The molecule has 1 aromatic carbocycles. The molecular weight excluding hydrogens is 324 g/mol. The second-order valence-corrected chi connectivity index (χ2v) is 7.69. The van der Waals surface area contributed by atoms with Crippen molar-refractivity contribution in [1.29, 1.82) is 0 Å². The maximum absolute atomic E-state index is 12.9. The number of rotatable bonds is 6. The molecular formula is C21H28N4O. The summed E-state index contributed by atoms with van der Waals surface area (Å²) in [4.78, 5) is 17.4. The van der Waals surface area contributed by atoms with Crippen LogP contribution in [0, 0.1) is 11.3 Å². The molecule has 1 aromatic heterocycles. The Kier molecular flexibility index (Phi) is 5.07. The minimum Gasteiger partial charge on any atom is -0.355 e. The zero-order valence-electron chi connectivity index (χ0n) is 15.3. The van der Waals surface area contributed by atoms with Crippen LogP contribution in [0.3, 0.4) is 0 Å². The lowest BCUT2D eigenvalue weighted by molar-refractivity contribution is -0.133. The number of benzene rings is 1. The smallest absolute Gasteiger partial charge is 0.227 e. The lowest BCUT2D eigenvalue weighted by atomic mass is 9.67. The summed E-state index contributed by atoms with van der Waals surface area (Å²) >= 11 is 0. The molecule has 1 amide bonds. The Morgan fingerprint density at radius 2 is 2.19 bits per heavy atom. The van der Waals surface area contributed by atoms with Crippen LogP contribution in [0.15, 0.2) is 42.7 Å². The molecule has 1 saturated carbocycles. The van der Waals surface area contributed by atoms with E-state index in [1.807, 2.05) is 18.5 Å². The highest BCUT2D eigenvalue weighted by Crippen LogP contribution is 2.43. The quantitative estimate of drug-likeness (QED) is 0.839. The van der Waals surface area contributed by atoms with E-state index in [1.54, 1.807) is 0 Å². The monoisotopic (exact) mass is 352 g/mol. The van der Waals surface area contributed by atoms with Crippen molar-refractivity contribution in [3.8, 4) is 0 Å². The van der Waals surface area contributed by atoms with Gasteiger partial charge in [0.25, 0.3) is 0 Å². The van der Waals surface area contributed by atoms with Crippen molar-refractivity contribution in [3.63, 3.8) is 0 Å². The van der Waals surface area contributed by atoms with Gasteiger partial charge >= 0.3 is 0 Å². The van der Waals surface area contributed by atoms with Gasteiger partial charge in [0.1, 0.15) is 5.82 Å². The van der Waals surface area contributed by atoms with Crippen LogP contribution in [0.25, 0.3) is 0 Å². The van der Waals surface area contributed by atoms with E-state index < -0.39 is 0 Å². The first-order valence-electron chi connectivity index (χ1n) is 9.81. The lowest BCUT2D eigenvalue weighted by Gasteiger charge is -2.37. The van der Waals surface area contributed by atoms with Crippen molar-refractivity contribution in [2.24, 2.45) is 11.3 Å². The number of carbonyl (C=O) groups excluding carboxylic acids is 1. The summed E-state index contributed by atoms with van der Waals surface area (Å²) in [5.74, 6) is 1.78. The Morgan fingerprint density at radius 3 is 3.08 bits per heavy atom. The van der Waals surface area contributed by atoms with Crippen LogP contribution in [-0.2, 0) is 17.8 Å². The summed E-state index contributed by atoms with van der Waals surface area (Å²) in [6.07, 6.45) is 9.27. The van der Waals surface area contributed by atoms with Gasteiger partial charge < -0.3 is 15.2 Å². The molecule has 1 saturated heterocycles. The molecule has 0 radical (unpaired) electrons. The van der Waals surface area contributed by atoms with Crippen molar-refractivity contribution in [2.45, 2.75) is 38.6 Å². The number of hydrogen-bond acceptors (Lipinski definition) is 3. The predicted octanol–water partition coefficient (Wildman–Crippen LogP) is 2.37. The van der Waals surface area contributed by atoms with Crippen molar-refractivity contribution >= 4 is 5.91 Å². The maximum atomic E-state index is 12.9. The SMILES string of the molecule is O=C(NCCc1nccn1Cc1ccccc1)[C@@]12CCCC[C@H]1CNC2. The van der Waals surface area contributed by atoms with E-state index in [9.17, 15) is 4.79 Å². The normalized spacial score (nSPS) is 25.0. The molecule has 0 spiro atoms. The molecule has 2 aliphatic rings. The van der Waals surface area contributed by atoms with Gasteiger partial charge in [0.2, 0.25) is 5.91 Å². The predicted molar refractivity (Wildman–Crippen MR) is 102 cm³/mol.